The fraction of sp³-hybridized carbons (Fsp3) is 0.875. The van der Waals surface area contributed by atoms with Crippen LogP contribution in [0.5, 0.6) is 0 Å². The third kappa shape index (κ3) is 3.37. The van der Waals surface area contributed by atoms with E-state index in [1.807, 2.05) is 0 Å². The van der Waals surface area contributed by atoms with Crippen molar-refractivity contribution in [3.05, 3.63) is 0 Å². The van der Waals surface area contributed by atoms with E-state index in [1.54, 1.807) is 0 Å². The fourth-order valence-corrected chi connectivity index (χ4v) is 1.21. The number of esters is 1. The lowest BCUT2D eigenvalue weighted by molar-refractivity contribution is -0.141. The first kappa shape index (κ1) is 8.53. The summed E-state index contributed by atoms with van der Waals surface area (Å²) in [5.74, 6) is -0.206. The zero-order valence-electron chi connectivity index (χ0n) is 6.84. The van der Waals surface area contributed by atoms with Crippen LogP contribution in [0.2, 0.25) is 0 Å². The van der Waals surface area contributed by atoms with Crippen molar-refractivity contribution < 1.29 is 14.3 Å². The first-order valence-electron chi connectivity index (χ1n) is 4.04. The van der Waals surface area contributed by atoms with Gasteiger partial charge in [-0.1, -0.05) is 0 Å². The third-order valence-corrected chi connectivity index (χ3v) is 1.77. The van der Waals surface area contributed by atoms with Crippen LogP contribution in [-0.2, 0) is 14.3 Å². The summed E-state index contributed by atoms with van der Waals surface area (Å²) in [6.45, 7) is 2.79. The largest absolute Gasteiger partial charge is 0.466 e. The van der Waals surface area contributed by atoms with E-state index in [0.717, 1.165) is 25.9 Å². The lowest BCUT2D eigenvalue weighted by Gasteiger charge is -2.07. The summed E-state index contributed by atoms with van der Waals surface area (Å²) in [5, 5.41) is 0. The average Bonchev–Trinajstić information content (AvgIpc) is 2.39. The summed E-state index contributed by atoms with van der Waals surface area (Å²) < 4.78 is 10.1. The Hall–Kier alpha value is -0.570. The fourth-order valence-electron chi connectivity index (χ4n) is 1.21. The Balaban J connectivity index is 1.98. The molecule has 1 heterocycles. The van der Waals surface area contributed by atoms with Gasteiger partial charge in [0.1, 0.15) is 0 Å². The molecule has 1 atom stereocenters. The minimum atomic E-state index is -0.206. The molecular formula is C8H14O3. The van der Waals surface area contributed by atoms with E-state index < -0.39 is 0 Å². The Kier molecular flexibility index (Phi) is 3.36. The number of ether oxygens (including phenoxy) is 2. The van der Waals surface area contributed by atoms with Crippen molar-refractivity contribution in [1.82, 2.24) is 0 Å². The normalized spacial score (nSPS) is 23.5. The van der Waals surface area contributed by atoms with E-state index >= 15 is 0 Å². The number of hydrogen-bond acceptors (Lipinski definition) is 3. The van der Waals surface area contributed by atoms with Crippen LogP contribution in [-0.4, -0.2) is 25.3 Å². The van der Waals surface area contributed by atoms with Crippen molar-refractivity contribution in [1.29, 1.82) is 0 Å². The molecule has 0 N–H and O–H groups in total. The summed E-state index contributed by atoms with van der Waals surface area (Å²) in [4.78, 5) is 10.4. The molecule has 0 spiro atoms. The van der Waals surface area contributed by atoms with E-state index in [2.05, 4.69) is 0 Å². The summed E-state index contributed by atoms with van der Waals surface area (Å²) >= 11 is 0. The molecule has 1 rings (SSSR count). The van der Waals surface area contributed by atoms with Crippen molar-refractivity contribution in [2.75, 3.05) is 13.2 Å². The molecule has 0 saturated carbocycles. The highest BCUT2D eigenvalue weighted by Gasteiger charge is 2.14. The van der Waals surface area contributed by atoms with Crippen molar-refractivity contribution in [2.45, 2.75) is 32.3 Å². The molecule has 0 aromatic carbocycles. The number of hydrogen-bond donors (Lipinski definition) is 0. The number of carbonyl (C=O) groups excluding carboxylic acids is 1. The molecule has 1 aliphatic rings. The zero-order chi connectivity index (χ0) is 8.10. The second-order valence-corrected chi connectivity index (χ2v) is 2.76. The summed E-state index contributed by atoms with van der Waals surface area (Å²) in [5.41, 5.74) is 0. The minimum absolute atomic E-state index is 0.206. The Bertz CT molecular complexity index is 127. The van der Waals surface area contributed by atoms with Gasteiger partial charge < -0.3 is 9.47 Å². The molecule has 1 saturated heterocycles. The van der Waals surface area contributed by atoms with Crippen LogP contribution in [0.3, 0.4) is 0 Å². The van der Waals surface area contributed by atoms with E-state index in [-0.39, 0.29) is 5.97 Å². The van der Waals surface area contributed by atoms with Gasteiger partial charge in [0.2, 0.25) is 0 Å². The third-order valence-electron chi connectivity index (χ3n) is 1.77. The van der Waals surface area contributed by atoms with Gasteiger partial charge in [0.05, 0.1) is 12.7 Å². The topological polar surface area (TPSA) is 35.5 Å². The van der Waals surface area contributed by atoms with E-state index in [4.69, 9.17) is 9.47 Å². The highest BCUT2D eigenvalue weighted by Crippen LogP contribution is 2.14. The Morgan fingerprint density at radius 2 is 2.55 bits per heavy atom. The van der Waals surface area contributed by atoms with Crippen molar-refractivity contribution in [3.8, 4) is 0 Å². The standard InChI is InChI=1S/C8H14O3/c1-7(9)10-6-4-8-3-2-5-11-8/h8H,2-6H2,1H3. The van der Waals surface area contributed by atoms with Crippen LogP contribution in [0, 0.1) is 0 Å². The summed E-state index contributed by atoms with van der Waals surface area (Å²) in [7, 11) is 0. The van der Waals surface area contributed by atoms with Gasteiger partial charge in [-0.3, -0.25) is 4.79 Å². The van der Waals surface area contributed by atoms with Crippen LogP contribution in [0.25, 0.3) is 0 Å². The quantitative estimate of drug-likeness (QED) is 0.577. The molecule has 3 nitrogen and oxygen atoms in total. The van der Waals surface area contributed by atoms with Crippen molar-refractivity contribution in [2.24, 2.45) is 0 Å². The van der Waals surface area contributed by atoms with Gasteiger partial charge in [0.25, 0.3) is 0 Å². The molecule has 0 aromatic rings. The predicted molar refractivity (Wildman–Crippen MR) is 40.2 cm³/mol. The Labute approximate surface area is 66.7 Å². The molecule has 0 radical (unpaired) electrons. The van der Waals surface area contributed by atoms with E-state index in [9.17, 15) is 4.79 Å². The number of rotatable bonds is 3. The van der Waals surface area contributed by atoms with Crippen LogP contribution < -0.4 is 0 Å². The second-order valence-electron chi connectivity index (χ2n) is 2.76. The predicted octanol–water partition coefficient (Wildman–Crippen LogP) is 1.12. The van der Waals surface area contributed by atoms with Gasteiger partial charge >= 0.3 is 5.97 Å². The molecule has 1 aliphatic heterocycles. The lowest BCUT2D eigenvalue weighted by atomic mass is 10.2. The van der Waals surface area contributed by atoms with Crippen molar-refractivity contribution >= 4 is 5.97 Å². The SMILES string of the molecule is CC(=O)OCCC1CCCO1. The highest BCUT2D eigenvalue weighted by atomic mass is 16.5. The summed E-state index contributed by atoms with van der Waals surface area (Å²) in [6.07, 6.45) is 3.43. The van der Waals surface area contributed by atoms with Crippen molar-refractivity contribution in [3.63, 3.8) is 0 Å². The maximum atomic E-state index is 10.4. The van der Waals surface area contributed by atoms with Gasteiger partial charge in [-0.15, -0.1) is 0 Å². The second kappa shape index (κ2) is 4.34. The van der Waals surface area contributed by atoms with Gasteiger partial charge in [-0.25, -0.2) is 0 Å². The van der Waals surface area contributed by atoms with Crippen LogP contribution in [0.15, 0.2) is 0 Å². The first-order chi connectivity index (χ1) is 5.29. The Morgan fingerprint density at radius 3 is 3.09 bits per heavy atom. The maximum Gasteiger partial charge on any atom is 0.302 e. The minimum Gasteiger partial charge on any atom is -0.466 e. The number of carbonyl (C=O) groups is 1. The average molecular weight is 158 g/mol. The molecule has 11 heavy (non-hydrogen) atoms. The lowest BCUT2D eigenvalue weighted by Crippen LogP contribution is -2.10. The smallest absolute Gasteiger partial charge is 0.302 e. The summed E-state index contributed by atoms with van der Waals surface area (Å²) in [6, 6.07) is 0. The van der Waals surface area contributed by atoms with Gasteiger partial charge in [0.15, 0.2) is 0 Å². The van der Waals surface area contributed by atoms with Gasteiger partial charge in [0, 0.05) is 20.0 Å². The van der Waals surface area contributed by atoms with Crippen LogP contribution in [0.1, 0.15) is 26.2 Å². The van der Waals surface area contributed by atoms with Gasteiger partial charge in [-0.2, -0.15) is 0 Å². The van der Waals surface area contributed by atoms with E-state index in [1.165, 1.54) is 6.92 Å². The zero-order valence-corrected chi connectivity index (χ0v) is 6.84. The van der Waals surface area contributed by atoms with Crippen LogP contribution in [0.4, 0.5) is 0 Å². The molecule has 64 valence electrons. The van der Waals surface area contributed by atoms with Crippen LogP contribution >= 0.6 is 0 Å². The molecule has 1 unspecified atom stereocenters. The Morgan fingerprint density at radius 1 is 1.73 bits per heavy atom. The maximum absolute atomic E-state index is 10.4. The van der Waals surface area contributed by atoms with Gasteiger partial charge in [-0.05, 0) is 12.8 Å². The first-order valence-corrected chi connectivity index (χ1v) is 4.04. The molecule has 0 aromatic heterocycles. The monoisotopic (exact) mass is 158 g/mol. The molecule has 0 aliphatic carbocycles. The molecule has 3 heteroatoms. The molecule has 1 fully saturated rings. The molecule has 0 bridgehead atoms. The highest BCUT2D eigenvalue weighted by molar-refractivity contribution is 5.65. The van der Waals surface area contributed by atoms with E-state index in [0.29, 0.717) is 12.7 Å². The molecule has 0 amide bonds. The molecular weight excluding hydrogens is 144 g/mol.